The van der Waals surface area contributed by atoms with Gasteiger partial charge in [0.15, 0.2) is 11.6 Å². The third-order valence-corrected chi connectivity index (χ3v) is 2.14. The first-order valence-electron chi connectivity index (χ1n) is 4.29. The standard InChI is InChI=1S/C9H7F3N2O/c10-5-3-7(12)8(4-6(5)11)14-2-1-13-9(14)15/h3-4H,1-2H2,(H,13,15). The van der Waals surface area contributed by atoms with Crippen LogP contribution in [0.5, 0.6) is 0 Å². The van der Waals surface area contributed by atoms with Crippen LogP contribution in [0.15, 0.2) is 12.1 Å². The Hall–Kier alpha value is -1.72. The van der Waals surface area contributed by atoms with E-state index in [0.29, 0.717) is 18.7 Å². The van der Waals surface area contributed by atoms with E-state index in [1.165, 1.54) is 0 Å². The molecular formula is C9H7F3N2O. The molecule has 0 saturated carbocycles. The van der Waals surface area contributed by atoms with E-state index in [2.05, 4.69) is 5.32 Å². The molecule has 1 aromatic carbocycles. The van der Waals surface area contributed by atoms with Gasteiger partial charge in [-0.2, -0.15) is 0 Å². The molecule has 1 fully saturated rings. The van der Waals surface area contributed by atoms with E-state index in [1.54, 1.807) is 0 Å². The van der Waals surface area contributed by atoms with Gasteiger partial charge in [0, 0.05) is 25.2 Å². The maximum atomic E-state index is 13.2. The summed E-state index contributed by atoms with van der Waals surface area (Å²) in [4.78, 5) is 12.2. The van der Waals surface area contributed by atoms with Crippen molar-refractivity contribution in [3.05, 3.63) is 29.6 Å². The van der Waals surface area contributed by atoms with Gasteiger partial charge in [-0.25, -0.2) is 18.0 Å². The molecule has 1 aliphatic rings. The normalized spacial score (nSPS) is 15.7. The molecule has 1 aliphatic heterocycles. The Kier molecular flexibility index (Phi) is 2.26. The molecule has 0 aromatic heterocycles. The van der Waals surface area contributed by atoms with Crippen molar-refractivity contribution >= 4 is 11.7 Å². The minimum atomic E-state index is -1.27. The molecule has 80 valence electrons. The van der Waals surface area contributed by atoms with Crippen LogP contribution in [-0.4, -0.2) is 19.1 Å². The quantitative estimate of drug-likeness (QED) is 0.711. The zero-order chi connectivity index (χ0) is 11.0. The Bertz CT molecular complexity index is 422. The van der Waals surface area contributed by atoms with Crippen molar-refractivity contribution in [3.8, 4) is 0 Å². The highest BCUT2D eigenvalue weighted by molar-refractivity contribution is 5.94. The van der Waals surface area contributed by atoms with E-state index in [1.807, 2.05) is 0 Å². The second-order valence-corrected chi connectivity index (χ2v) is 3.10. The van der Waals surface area contributed by atoms with Gasteiger partial charge in [0.2, 0.25) is 0 Å². The maximum absolute atomic E-state index is 13.2. The number of carbonyl (C=O) groups is 1. The van der Waals surface area contributed by atoms with Crippen LogP contribution in [0.4, 0.5) is 23.7 Å². The number of halogens is 3. The van der Waals surface area contributed by atoms with Crippen LogP contribution < -0.4 is 10.2 Å². The number of carbonyl (C=O) groups excluding carboxylic acids is 1. The van der Waals surface area contributed by atoms with E-state index in [4.69, 9.17) is 0 Å². The van der Waals surface area contributed by atoms with Crippen molar-refractivity contribution in [2.45, 2.75) is 0 Å². The lowest BCUT2D eigenvalue weighted by atomic mass is 10.2. The van der Waals surface area contributed by atoms with Gasteiger partial charge in [-0.3, -0.25) is 4.90 Å². The largest absolute Gasteiger partial charge is 0.336 e. The predicted molar refractivity (Wildman–Crippen MR) is 47.1 cm³/mol. The van der Waals surface area contributed by atoms with Crippen molar-refractivity contribution in [3.63, 3.8) is 0 Å². The number of urea groups is 1. The summed E-state index contributed by atoms with van der Waals surface area (Å²) in [5.41, 5.74) is -0.246. The molecule has 1 aromatic rings. The lowest BCUT2D eigenvalue weighted by molar-refractivity contribution is 0.252. The number of anilines is 1. The Morgan fingerprint density at radius 2 is 1.80 bits per heavy atom. The topological polar surface area (TPSA) is 32.3 Å². The summed E-state index contributed by atoms with van der Waals surface area (Å²) in [7, 11) is 0. The highest BCUT2D eigenvalue weighted by Crippen LogP contribution is 2.23. The van der Waals surface area contributed by atoms with Crippen molar-refractivity contribution in [2.24, 2.45) is 0 Å². The smallest absolute Gasteiger partial charge is 0.322 e. The first kappa shape index (κ1) is 9.82. The van der Waals surface area contributed by atoms with E-state index in [9.17, 15) is 18.0 Å². The van der Waals surface area contributed by atoms with Gasteiger partial charge in [-0.15, -0.1) is 0 Å². The highest BCUT2D eigenvalue weighted by atomic mass is 19.2. The number of hydrogen-bond donors (Lipinski definition) is 1. The van der Waals surface area contributed by atoms with Gasteiger partial charge in [0.05, 0.1) is 5.69 Å². The summed E-state index contributed by atoms with van der Waals surface area (Å²) in [6.45, 7) is 0.595. The molecule has 15 heavy (non-hydrogen) atoms. The lowest BCUT2D eigenvalue weighted by Crippen LogP contribution is -2.28. The monoisotopic (exact) mass is 216 g/mol. The molecule has 0 atom stereocenters. The summed E-state index contributed by atoms with van der Waals surface area (Å²) in [6.07, 6.45) is 0. The van der Waals surface area contributed by atoms with Crippen molar-refractivity contribution in [1.82, 2.24) is 5.32 Å². The fraction of sp³-hybridized carbons (Fsp3) is 0.222. The van der Waals surface area contributed by atoms with Crippen LogP contribution in [0, 0.1) is 17.5 Å². The Morgan fingerprint density at radius 3 is 2.40 bits per heavy atom. The number of nitrogens with one attached hydrogen (secondary N) is 1. The zero-order valence-corrected chi connectivity index (χ0v) is 7.56. The average Bonchev–Trinajstić information content (AvgIpc) is 2.58. The molecule has 1 saturated heterocycles. The van der Waals surface area contributed by atoms with Gasteiger partial charge in [0.25, 0.3) is 0 Å². The van der Waals surface area contributed by atoms with Crippen LogP contribution >= 0.6 is 0 Å². The van der Waals surface area contributed by atoms with Gasteiger partial charge in [-0.05, 0) is 0 Å². The van der Waals surface area contributed by atoms with E-state index >= 15 is 0 Å². The van der Waals surface area contributed by atoms with Gasteiger partial charge < -0.3 is 5.32 Å². The summed E-state index contributed by atoms with van der Waals surface area (Å²) in [5, 5.41) is 2.43. The zero-order valence-electron chi connectivity index (χ0n) is 7.56. The minimum absolute atomic E-state index is 0.237. The third-order valence-electron chi connectivity index (χ3n) is 2.14. The summed E-state index contributed by atoms with van der Waals surface area (Å²) < 4.78 is 38.7. The minimum Gasteiger partial charge on any atom is -0.336 e. The van der Waals surface area contributed by atoms with E-state index in [0.717, 1.165) is 4.90 Å². The van der Waals surface area contributed by atoms with E-state index in [-0.39, 0.29) is 12.2 Å². The Labute approximate surface area is 83.5 Å². The first-order valence-corrected chi connectivity index (χ1v) is 4.29. The molecular weight excluding hydrogens is 209 g/mol. The summed E-state index contributed by atoms with van der Waals surface area (Å²) >= 11 is 0. The molecule has 3 nitrogen and oxygen atoms in total. The predicted octanol–water partition coefficient (Wildman–Crippen LogP) is 1.63. The summed E-state index contributed by atoms with van der Waals surface area (Å²) in [5.74, 6) is -3.40. The van der Waals surface area contributed by atoms with E-state index < -0.39 is 23.5 Å². The molecule has 0 spiro atoms. The molecule has 2 amide bonds. The van der Waals surface area contributed by atoms with Crippen LogP contribution in [0.3, 0.4) is 0 Å². The average molecular weight is 216 g/mol. The van der Waals surface area contributed by atoms with Crippen LogP contribution in [-0.2, 0) is 0 Å². The molecule has 0 aliphatic carbocycles. The van der Waals surface area contributed by atoms with Gasteiger partial charge >= 0.3 is 6.03 Å². The number of hydrogen-bond acceptors (Lipinski definition) is 1. The Balaban J connectivity index is 2.43. The number of benzene rings is 1. The van der Waals surface area contributed by atoms with Crippen molar-refractivity contribution in [2.75, 3.05) is 18.0 Å². The highest BCUT2D eigenvalue weighted by Gasteiger charge is 2.25. The molecule has 2 rings (SSSR count). The maximum Gasteiger partial charge on any atom is 0.322 e. The van der Waals surface area contributed by atoms with Gasteiger partial charge in [0.1, 0.15) is 5.82 Å². The Morgan fingerprint density at radius 1 is 1.13 bits per heavy atom. The van der Waals surface area contributed by atoms with Gasteiger partial charge in [-0.1, -0.05) is 0 Å². The first-order chi connectivity index (χ1) is 7.09. The number of nitrogens with zero attached hydrogens (tertiary/aromatic N) is 1. The molecule has 6 heteroatoms. The SMILES string of the molecule is O=C1NCCN1c1cc(F)c(F)cc1F. The second kappa shape index (κ2) is 3.45. The molecule has 1 heterocycles. The van der Waals surface area contributed by atoms with Crippen molar-refractivity contribution < 1.29 is 18.0 Å². The van der Waals surface area contributed by atoms with Crippen molar-refractivity contribution in [1.29, 1.82) is 0 Å². The third kappa shape index (κ3) is 1.62. The van der Waals surface area contributed by atoms with Crippen LogP contribution in [0.25, 0.3) is 0 Å². The number of amides is 2. The number of rotatable bonds is 1. The fourth-order valence-corrected chi connectivity index (χ4v) is 1.42. The second-order valence-electron chi connectivity index (χ2n) is 3.10. The molecule has 0 radical (unpaired) electrons. The molecule has 0 bridgehead atoms. The lowest BCUT2D eigenvalue weighted by Gasteiger charge is -2.14. The molecule has 0 unspecified atom stereocenters. The fourth-order valence-electron chi connectivity index (χ4n) is 1.42. The molecule has 1 N–H and O–H groups in total. The summed E-state index contributed by atoms with van der Waals surface area (Å²) in [6, 6.07) is 0.589. The van der Waals surface area contributed by atoms with Crippen LogP contribution in [0.1, 0.15) is 0 Å². The van der Waals surface area contributed by atoms with Crippen LogP contribution in [0.2, 0.25) is 0 Å².